The van der Waals surface area contributed by atoms with Gasteiger partial charge >= 0.3 is 6.09 Å². The summed E-state index contributed by atoms with van der Waals surface area (Å²) in [7, 11) is 1.64. The van der Waals surface area contributed by atoms with Crippen LogP contribution in [0.5, 0.6) is 0 Å². The first-order valence-corrected chi connectivity index (χ1v) is 7.43. The van der Waals surface area contributed by atoms with E-state index < -0.39 is 31.0 Å². The van der Waals surface area contributed by atoms with Crippen molar-refractivity contribution in [1.82, 2.24) is 9.78 Å². The highest BCUT2D eigenvalue weighted by Gasteiger charge is 2.47. The summed E-state index contributed by atoms with van der Waals surface area (Å²) in [5.41, 5.74) is 1.55. The Balaban J connectivity index is 1.57. The lowest BCUT2D eigenvalue weighted by Crippen LogP contribution is -2.43. The molecule has 1 aromatic carbocycles. The molecular weight excluding hydrogens is 323 g/mol. The second-order valence-electron chi connectivity index (χ2n) is 5.86. The van der Waals surface area contributed by atoms with Crippen molar-refractivity contribution in [3.05, 3.63) is 47.4 Å². The van der Waals surface area contributed by atoms with E-state index in [0.29, 0.717) is 17.9 Å². The molecule has 1 saturated carbocycles. The van der Waals surface area contributed by atoms with Crippen LogP contribution in [0.15, 0.2) is 30.3 Å². The molecular formula is C16H16F3N3O2. The smallest absolute Gasteiger partial charge is 0.413 e. The number of aryl methyl sites for hydroxylation is 1. The van der Waals surface area contributed by atoms with Gasteiger partial charge in [0.2, 0.25) is 0 Å². The molecule has 128 valence electrons. The van der Waals surface area contributed by atoms with E-state index in [9.17, 15) is 18.0 Å². The summed E-state index contributed by atoms with van der Waals surface area (Å²) in [5, 5.41) is 6.74. The molecule has 24 heavy (non-hydrogen) atoms. The van der Waals surface area contributed by atoms with Crippen molar-refractivity contribution in [1.29, 1.82) is 0 Å². The van der Waals surface area contributed by atoms with Crippen molar-refractivity contribution >= 4 is 11.9 Å². The number of benzene rings is 1. The molecule has 1 aliphatic carbocycles. The van der Waals surface area contributed by atoms with Crippen LogP contribution in [0.1, 0.15) is 24.1 Å². The molecule has 3 rings (SSSR count). The van der Waals surface area contributed by atoms with E-state index in [-0.39, 0.29) is 5.82 Å². The normalized spacial score (nSPS) is 16.5. The molecule has 1 aromatic heterocycles. The molecule has 8 heteroatoms. The van der Waals surface area contributed by atoms with Crippen LogP contribution in [-0.4, -0.2) is 27.9 Å². The van der Waals surface area contributed by atoms with Crippen LogP contribution in [0.4, 0.5) is 23.8 Å². The molecule has 1 aliphatic rings. The number of carbonyl (C=O) groups is 1. The molecule has 1 fully saturated rings. The Morgan fingerprint density at radius 1 is 1.38 bits per heavy atom. The van der Waals surface area contributed by atoms with Crippen LogP contribution in [-0.2, 0) is 18.2 Å². The fourth-order valence-corrected chi connectivity index (χ4v) is 2.52. The van der Waals surface area contributed by atoms with Gasteiger partial charge in [0, 0.05) is 32.4 Å². The van der Waals surface area contributed by atoms with E-state index in [1.54, 1.807) is 25.2 Å². The number of alkyl halides is 2. The molecule has 0 bridgehead atoms. The van der Waals surface area contributed by atoms with Crippen molar-refractivity contribution in [3.8, 4) is 0 Å². The summed E-state index contributed by atoms with van der Waals surface area (Å²) in [6.45, 7) is 0. The van der Waals surface area contributed by atoms with E-state index in [4.69, 9.17) is 4.74 Å². The fraction of sp³-hybridized carbons (Fsp3) is 0.375. The van der Waals surface area contributed by atoms with Gasteiger partial charge < -0.3 is 4.74 Å². The average molecular weight is 339 g/mol. The highest BCUT2D eigenvalue weighted by molar-refractivity contribution is 5.83. The van der Waals surface area contributed by atoms with Crippen LogP contribution in [0.2, 0.25) is 0 Å². The highest BCUT2D eigenvalue weighted by Crippen LogP contribution is 2.39. The lowest BCUT2D eigenvalue weighted by molar-refractivity contribution is -0.142. The lowest BCUT2D eigenvalue weighted by atomic mass is 9.91. The van der Waals surface area contributed by atoms with Gasteiger partial charge in [-0.05, 0) is 17.7 Å². The van der Waals surface area contributed by atoms with E-state index in [0.717, 1.165) is 5.56 Å². The zero-order valence-electron chi connectivity index (χ0n) is 12.9. The van der Waals surface area contributed by atoms with Gasteiger partial charge in [0.15, 0.2) is 0 Å². The van der Waals surface area contributed by atoms with Crippen LogP contribution in [0.25, 0.3) is 0 Å². The minimum atomic E-state index is -2.74. The summed E-state index contributed by atoms with van der Waals surface area (Å²) < 4.78 is 44.7. The van der Waals surface area contributed by atoms with Crippen molar-refractivity contribution in [2.24, 2.45) is 7.05 Å². The number of rotatable bonds is 4. The molecule has 1 amide bonds. The van der Waals surface area contributed by atoms with E-state index in [1.165, 1.54) is 16.8 Å². The molecule has 0 atom stereocenters. The zero-order valence-corrected chi connectivity index (χ0v) is 12.9. The third kappa shape index (κ3) is 3.87. The largest absolute Gasteiger partial charge is 0.445 e. The Kier molecular flexibility index (Phi) is 4.21. The Bertz CT molecular complexity index is 736. The van der Waals surface area contributed by atoms with Gasteiger partial charge in [0.25, 0.3) is 5.92 Å². The average Bonchev–Trinajstić information content (AvgIpc) is 2.79. The number of hydrogen-bond acceptors (Lipinski definition) is 3. The fourth-order valence-electron chi connectivity index (χ4n) is 2.52. The molecule has 2 aromatic rings. The molecule has 1 N–H and O–H groups in total. The molecule has 5 nitrogen and oxygen atoms in total. The molecule has 0 aliphatic heterocycles. The van der Waals surface area contributed by atoms with Crippen LogP contribution >= 0.6 is 0 Å². The number of carbonyl (C=O) groups excluding carboxylic acids is 1. The number of ether oxygens (including phenoxy) is 1. The maximum Gasteiger partial charge on any atom is 0.413 e. The van der Waals surface area contributed by atoms with Gasteiger partial charge in [-0.3, -0.25) is 10.00 Å². The molecule has 1 heterocycles. The number of amides is 1. The standard InChI is InChI=1S/C16H16F3N3O2/c1-22-14(20-15(23)24-13-8-16(18,19)9-13)7-12(21-22)6-10-2-4-11(17)5-3-10/h2-5,7,13H,6,8-9H2,1H3,(H,20,23). The third-order valence-electron chi connectivity index (χ3n) is 3.79. The van der Waals surface area contributed by atoms with E-state index >= 15 is 0 Å². The van der Waals surface area contributed by atoms with Gasteiger partial charge in [0.05, 0.1) is 5.69 Å². The number of nitrogens with one attached hydrogen (secondary N) is 1. The summed E-state index contributed by atoms with van der Waals surface area (Å²) in [6, 6.07) is 7.69. The quantitative estimate of drug-likeness (QED) is 0.928. The summed E-state index contributed by atoms with van der Waals surface area (Å²) in [4.78, 5) is 11.7. The predicted molar refractivity (Wildman–Crippen MR) is 80.5 cm³/mol. The van der Waals surface area contributed by atoms with Crippen LogP contribution in [0, 0.1) is 5.82 Å². The molecule has 0 saturated heterocycles. The SMILES string of the molecule is Cn1nc(Cc2ccc(F)cc2)cc1NC(=O)OC1CC(F)(F)C1. The second-order valence-corrected chi connectivity index (χ2v) is 5.86. The highest BCUT2D eigenvalue weighted by atomic mass is 19.3. The van der Waals surface area contributed by atoms with Crippen molar-refractivity contribution in [2.45, 2.75) is 31.3 Å². The summed E-state index contributed by atoms with van der Waals surface area (Å²) >= 11 is 0. The first kappa shape index (κ1) is 16.4. The Morgan fingerprint density at radius 2 is 2.04 bits per heavy atom. The minimum absolute atomic E-state index is 0.313. The number of hydrogen-bond donors (Lipinski definition) is 1. The monoisotopic (exact) mass is 339 g/mol. The van der Waals surface area contributed by atoms with E-state index in [1.807, 2.05) is 0 Å². The molecule has 0 radical (unpaired) electrons. The third-order valence-corrected chi connectivity index (χ3v) is 3.79. The van der Waals surface area contributed by atoms with Crippen LogP contribution < -0.4 is 5.32 Å². The first-order chi connectivity index (χ1) is 11.3. The van der Waals surface area contributed by atoms with Gasteiger partial charge in [-0.15, -0.1) is 0 Å². The van der Waals surface area contributed by atoms with E-state index in [2.05, 4.69) is 10.4 Å². The van der Waals surface area contributed by atoms with Crippen molar-refractivity contribution < 1.29 is 22.7 Å². The number of aromatic nitrogens is 2. The van der Waals surface area contributed by atoms with Gasteiger partial charge in [0.1, 0.15) is 17.7 Å². The number of halogens is 3. The van der Waals surface area contributed by atoms with Crippen molar-refractivity contribution in [3.63, 3.8) is 0 Å². The van der Waals surface area contributed by atoms with Gasteiger partial charge in [-0.2, -0.15) is 5.10 Å². The number of nitrogens with zero attached hydrogens (tertiary/aromatic N) is 2. The van der Waals surface area contributed by atoms with Crippen molar-refractivity contribution in [2.75, 3.05) is 5.32 Å². The van der Waals surface area contributed by atoms with Gasteiger partial charge in [-0.1, -0.05) is 12.1 Å². The molecule has 0 spiro atoms. The maximum absolute atomic E-state index is 12.9. The minimum Gasteiger partial charge on any atom is -0.445 e. The first-order valence-electron chi connectivity index (χ1n) is 7.43. The summed E-state index contributed by atoms with van der Waals surface area (Å²) in [6.07, 6.45) is -1.96. The Hall–Kier alpha value is -2.51. The Labute approximate surface area is 136 Å². The molecule has 0 unspecified atom stereocenters. The van der Waals surface area contributed by atoms with Gasteiger partial charge in [-0.25, -0.2) is 18.0 Å². The zero-order chi connectivity index (χ0) is 17.3. The number of anilines is 1. The lowest BCUT2D eigenvalue weighted by Gasteiger charge is -2.33. The van der Waals surface area contributed by atoms with Crippen LogP contribution in [0.3, 0.4) is 0 Å². The Morgan fingerprint density at radius 3 is 2.67 bits per heavy atom. The maximum atomic E-state index is 12.9. The summed E-state index contributed by atoms with van der Waals surface area (Å²) in [5.74, 6) is -2.66. The predicted octanol–water partition coefficient (Wildman–Crippen LogP) is 3.50. The second kappa shape index (κ2) is 6.18. The topological polar surface area (TPSA) is 56.2 Å².